The van der Waals surface area contributed by atoms with Gasteiger partial charge in [0.15, 0.2) is 0 Å². The summed E-state index contributed by atoms with van der Waals surface area (Å²) in [7, 11) is 0. The number of alkyl halides is 3. The SMILES string of the molecule is CC(C)C(Cc1ccccc1)C(=O)N1C[C@@H](C(F)(F)F)[C@H](C(=O)O)C1. The number of benzene rings is 1. The predicted molar refractivity (Wildman–Crippen MR) is 85.7 cm³/mol. The Labute approximate surface area is 144 Å². The molecule has 0 saturated carbocycles. The average Bonchev–Trinajstić information content (AvgIpc) is 2.98. The Morgan fingerprint density at radius 2 is 1.80 bits per heavy atom. The normalized spacial score (nSPS) is 22.2. The number of carbonyl (C=O) groups excluding carboxylic acids is 1. The molecule has 2 rings (SSSR count). The smallest absolute Gasteiger partial charge is 0.394 e. The van der Waals surface area contributed by atoms with Crippen LogP contribution in [-0.4, -0.2) is 41.1 Å². The number of carbonyl (C=O) groups is 2. The van der Waals surface area contributed by atoms with Crippen LogP contribution in [0.4, 0.5) is 13.2 Å². The minimum absolute atomic E-state index is 0.0686. The molecule has 0 aromatic heterocycles. The van der Waals surface area contributed by atoms with Gasteiger partial charge in [0.2, 0.25) is 5.91 Å². The van der Waals surface area contributed by atoms with Crippen molar-refractivity contribution in [3.63, 3.8) is 0 Å². The summed E-state index contributed by atoms with van der Waals surface area (Å²) in [5.74, 6) is -6.09. The molecule has 0 aliphatic carbocycles. The van der Waals surface area contributed by atoms with E-state index in [9.17, 15) is 22.8 Å². The standard InChI is InChI=1S/C18H22F3NO3/c1-11(2)13(8-12-6-4-3-5-7-12)16(23)22-9-14(17(24)25)15(10-22)18(19,20)21/h3-7,11,13-15H,8-10H2,1-2H3,(H,24,25)/t13?,14-,15-/m1/s1. The summed E-state index contributed by atoms with van der Waals surface area (Å²) in [6.07, 6.45) is -4.22. The van der Waals surface area contributed by atoms with Gasteiger partial charge in [-0.2, -0.15) is 13.2 Å². The maximum atomic E-state index is 13.1. The maximum Gasteiger partial charge on any atom is 0.394 e. The molecule has 1 aromatic rings. The first-order valence-corrected chi connectivity index (χ1v) is 8.23. The van der Waals surface area contributed by atoms with Gasteiger partial charge in [0.25, 0.3) is 0 Å². The van der Waals surface area contributed by atoms with E-state index < -0.39 is 48.9 Å². The number of hydrogen-bond donors (Lipinski definition) is 1. The number of nitrogens with zero attached hydrogens (tertiary/aromatic N) is 1. The Balaban J connectivity index is 2.18. The van der Waals surface area contributed by atoms with E-state index in [2.05, 4.69) is 0 Å². The summed E-state index contributed by atoms with van der Waals surface area (Å²) in [5, 5.41) is 9.09. The van der Waals surface area contributed by atoms with E-state index in [1.54, 1.807) is 0 Å². The molecule has 0 spiro atoms. The van der Waals surface area contributed by atoms with Crippen LogP contribution in [0.15, 0.2) is 30.3 Å². The molecular weight excluding hydrogens is 335 g/mol. The fourth-order valence-corrected chi connectivity index (χ4v) is 3.28. The summed E-state index contributed by atoms with van der Waals surface area (Å²) in [4.78, 5) is 25.1. The van der Waals surface area contributed by atoms with Crippen LogP contribution in [0.3, 0.4) is 0 Å². The molecule has 0 bridgehead atoms. The summed E-state index contributed by atoms with van der Waals surface area (Å²) in [5.41, 5.74) is 0.927. The van der Waals surface area contributed by atoms with Crippen molar-refractivity contribution in [1.29, 1.82) is 0 Å². The van der Waals surface area contributed by atoms with Crippen molar-refractivity contribution in [3.8, 4) is 0 Å². The average molecular weight is 357 g/mol. The molecule has 0 radical (unpaired) electrons. The third kappa shape index (κ3) is 4.52. The minimum Gasteiger partial charge on any atom is -0.481 e. The van der Waals surface area contributed by atoms with Gasteiger partial charge in [0.1, 0.15) is 0 Å². The number of hydrogen-bond acceptors (Lipinski definition) is 2. The molecule has 1 aliphatic heterocycles. The number of rotatable bonds is 5. The molecule has 1 unspecified atom stereocenters. The molecule has 1 aromatic carbocycles. The summed E-state index contributed by atoms with van der Waals surface area (Å²) in [6.45, 7) is 2.71. The molecule has 25 heavy (non-hydrogen) atoms. The zero-order valence-corrected chi connectivity index (χ0v) is 14.2. The van der Waals surface area contributed by atoms with Crippen molar-refractivity contribution >= 4 is 11.9 Å². The lowest BCUT2D eigenvalue weighted by Gasteiger charge is -2.26. The van der Waals surface area contributed by atoms with E-state index in [1.807, 2.05) is 44.2 Å². The van der Waals surface area contributed by atoms with Crippen LogP contribution in [0.1, 0.15) is 19.4 Å². The number of likely N-dealkylation sites (tertiary alicyclic amines) is 1. The van der Waals surface area contributed by atoms with Gasteiger partial charge in [0, 0.05) is 19.0 Å². The van der Waals surface area contributed by atoms with E-state index in [-0.39, 0.29) is 5.92 Å². The van der Waals surface area contributed by atoms with Crippen LogP contribution in [-0.2, 0) is 16.0 Å². The van der Waals surface area contributed by atoms with Crippen molar-refractivity contribution < 1.29 is 27.9 Å². The Hall–Kier alpha value is -2.05. The molecule has 1 aliphatic rings. The summed E-state index contributed by atoms with van der Waals surface area (Å²) < 4.78 is 39.3. The Bertz CT molecular complexity index is 616. The third-order valence-electron chi connectivity index (χ3n) is 4.79. The van der Waals surface area contributed by atoms with E-state index in [0.717, 1.165) is 10.5 Å². The zero-order chi connectivity index (χ0) is 18.8. The number of carboxylic acid groups (broad SMARTS) is 1. The summed E-state index contributed by atoms with van der Waals surface area (Å²) in [6, 6.07) is 9.26. The highest BCUT2D eigenvalue weighted by molar-refractivity contribution is 5.81. The first-order valence-electron chi connectivity index (χ1n) is 8.23. The van der Waals surface area contributed by atoms with Gasteiger partial charge in [-0.3, -0.25) is 9.59 Å². The van der Waals surface area contributed by atoms with Crippen molar-refractivity contribution in [3.05, 3.63) is 35.9 Å². The molecule has 138 valence electrons. The van der Waals surface area contributed by atoms with Gasteiger partial charge in [-0.15, -0.1) is 0 Å². The highest BCUT2D eigenvalue weighted by atomic mass is 19.4. The first-order chi connectivity index (χ1) is 11.6. The number of amides is 1. The minimum atomic E-state index is -4.63. The first kappa shape index (κ1) is 19.3. The third-order valence-corrected chi connectivity index (χ3v) is 4.79. The second-order valence-electron chi connectivity index (χ2n) is 6.88. The predicted octanol–water partition coefficient (Wildman–Crippen LogP) is 3.22. The molecular formula is C18H22F3NO3. The molecule has 4 nitrogen and oxygen atoms in total. The quantitative estimate of drug-likeness (QED) is 0.880. The van der Waals surface area contributed by atoms with Crippen LogP contribution in [0.5, 0.6) is 0 Å². The molecule has 7 heteroatoms. The van der Waals surface area contributed by atoms with Gasteiger partial charge in [0.05, 0.1) is 11.8 Å². The molecule has 1 saturated heterocycles. The van der Waals surface area contributed by atoms with E-state index in [4.69, 9.17) is 5.11 Å². The van der Waals surface area contributed by atoms with Crippen LogP contribution in [0, 0.1) is 23.7 Å². The zero-order valence-electron chi connectivity index (χ0n) is 14.2. The molecule has 1 fully saturated rings. The van der Waals surface area contributed by atoms with Gasteiger partial charge >= 0.3 is 12.1 Å². The van der Waals surface area contributed by atoms with E-state index in [0.29, 0.717) is 6.42 Å². The lowest BCUT2D eigenvalue weighted by molar-refractivity contribution is -0.188. The maximum absolute atomic E-state index is 13.1. The van der Waals surface area contributed by atoms with Gasteiger partial charge < -0.3 is 10.0 Å². The van der Waals surface area contributed by atoms with Crippen molar-refractivity contribution in [2.75, 3.05) is 13.1 Å². The van der Waals surface area contributed by atoms with Crippen molar-refractivity contribution in [2.24, 2.45) is 23.7 Å². The Morgan fingerprint density at radius 1 is 1.20 bits per heavy atom. The molecule has 1 amide bonds. The highest BCUT2D eigenvalue weighted by Gasteiger charge is 2.54. The second kappa shape index (κ2) is 7.45. The fraction of sp³-hybridized carbons (Fsp3) is 0.556. The number of carboxylic acids is 1. The van der Waals surface area contributed by atoms with Crippen molar-refractivity contribution in [1.82, 2.24) is 4.90 Å². The van der Waals surface area contributed by atoms with Crippen LogP contribution < -0.4 is 0 Å². The monoisotopic (exact) mass is 357 g/mol. The second-order valence-corrected chi connectivity index (χ2v) is 6.88. The van der Waals surface area contributed by atoms with Gasteiger partial charge in [-0.05, 0) is 17.9 Å². The molecule has 1 N–H and O–H groups in total. The van der Waals surface area contributed by atoms with E-state index in [1.165, 1.54) is 0 Å². The Kier molecular flexibility index (Phi) is 5.75. The Morgan fingerprint density at radius 3 is 2.24 bits per heavy atom. The fourth-order valence-electron chi connectivity index (χ4n) is 3.28. The van der Waals surface area contributed by atoms with Crippen LogP contribution in [0.25, 0.3) is 0 Å². The van der Waals surface area contributed by atoms with Gasteiger partial charge in [-0.25, -0.2) is 0 Å². The molecule has 3 atom stereocenters. The van der Waals surface area contributed by atoms with Gasteiger partial charge in [-0.1, -0.05) is 44.2 Å². The molecule has 1 heterocycles. The largest absolute Gasteiger partial charge is 0.481 e. The summed E-state index contributed by atoms with van der Waals surface area (Å²) >= 11 is 0. The number of halogens is 3. The lowest BCUT2D eigenvalue weighted by Crippen LogP contribution is -2.38. The topological polar surface area (TPSA) is 57.6 Å². The van der Waals surface area contributed by atoms with E-state index >= 15 is 0 Å². The lowest BCUT2D eigenvalue weighted by atomic mass is 9.88. The van der Waals surface area contributed by atoms with Crippen LogP contribution >= 0.6 is 0 Å². The highest BCUT2D eigenvalue weighted by Crippen LogP contribution is 2.38. The number of aliphatic carboxylic acids is 1. The van der Waals surface area contributed by atoms with Crippen molar-refractivity contribution in [2.45, 2.75) is 26.4 Å². The van der Waals surface area contributed by atoms with Crippen LogP contribution in [0.2, 0.25) is 0 Å².